The predicted molar refractivity (Wildman–Crippen MR) is 115 cm³/mol. The van der Waals surface area contributed by atoms with Crippen LogP contribution in [-0.2, 0) is 9.31 Å². The Kier molecular flexibility index (Phi) is 5.77. The highest BCUT2D eigenvalue weighted by atomic mass is 28.3. The summed E-state index contributed by atoms with van der Waals surface area (Å²) in [4.78, 5) is 0. The maximum absolute atomic E-state index is 6.59. The highest BCUT2D eigenvalue weighted by Crippen LogP contribution is 2.45. The van der Waals surface area contributed by atoms with E-state index in [2.05, 4.69) is 71.1 Å². The van der Waals surface area contributed by atoms with Gasteiger partial charge in [-0.3, -0.25) is 0 Å². The van der Waals surface area contributed by atoms with Gasteiger partial charge in [-0.05, 0) is 39.1 Å². The molecule has 1 aromatic rings. The largest absolute Gasteiger partial charge is 0.458 e. The van der Waals surface area contributed by atoms with E-state index >= 15 is 0 Å². The molecule has 1 aromatic carbocycles. The Morgan fingerprint density at radius 3 is 2.04 bits per heavy atom. The SMILES string of the molecule is CC1(C)OB(C(CC2CCCCC2)[Si](C)(C)c2ccccc2)OC1(C)C. The van der Waals surface area contributed by atoms with Crippen molar-refractivity contribution in [3.63, 3.8) is 0 Å². The Balaban J connectivity index is 1.89. The molecule has 3 rings (SSSR count). The third-order valence-electron chi connectivity index (χ3n) is 7.36. The maximum Gasteiger partial charge on any atom is 0.458 e. The van der Waals surface area contributed by atoms with Crippen molar-refractivity contribution in [2.75, 3.05) is 0 Å². The lowest BCUT2D eigenvalue weighted by molar-refractivity contribution is 0.00578. The average Bonchev–Trinajstić information content (AvgIpc) is 2.81. The van der Waals surface area contributed by atoms with Crippen LogP contribution in [0.3, 0.4) is 0 Å². The minimum absolute atomic E-state index is 0.0798. The molecule has 0 amide bonds. The van der Waals surface area contributed by atoms with Gasteiger partial charge in [-0.2, -0.15) is 0 Å². The van der Waals surface area contributed by atoms with Gasteiger partial charge >= 0.3 is 7.12 Å². The number of benzene rings is 1. The molecule has 1 saturated carbocycles. The van der Waals surface area contributed by atoms with Gasteiger partial charge in [0, 0.05) is 0 Å². The zero-order valence-corrected chi connectivity index (χ0v) is 18.7. The van der Waals surface area contributed by atoms with Crippen LogP contribution in [0.1, 0.15) is 66.2 Å². The fourth-order valence-corrected chi connectivity index (χ4v) is 7.88. The molecule has 0 radical (unpaired) electrons. The zero-order valence-electron chi connectivity index (χ0n) is 17.7. The van der Waals surface area contributed by atoms with Crippen LogP contribution >= 0.6 is 0 Å². The fraction of sp³-hybridized carbons (Fsp3) is 0.727. The summed E-state index contributed by atoms with van der Waals surface area (Å²) in [5.74, 6) is 0.836. The third kappa shape index (κ3) is 3.98. The van der Waals surface area contributed by atoms with Crippen molar-refractivity contribution in [3.05, 3.63) is 30.3 Å². The lowest BCUT2D eigenvalue weighted by atomic mass is 9.75. The van der Waals surface area contributed by atoms with Gasteiger partial charge in [-0.1, -0.05) is 87.1 Å². The molecule has 2 fully saturated rings. The molecule has 0 N–H and O–H groups in total. The lowest BCUT2D eigenvalue weighted by Gasteiger charge is -2.37. The molecule has 2 aliphatic rings. The maximum atomic E-state index is 6.59. The minimum atomic E-state index is -1.73. The second-order valence-electron chi connectivity index (χ2n) is 10.1. The molecule has 4 heteroatoms. The van der Waals surface area contributed by atoms with Crippen LogP contribution < -0.4 is 5.19 Å². The lowest BCUT2D eigenvalue weighted by Crippen LogP contribution is -2.52. The van der Waals surface area contributed by atoms with Gasteiger partial charge in [-0.15, -0.1) is 0 Å². The van der Waals surface area contributed by atoms with Gasteiger partial charge in [0.25, 0.3) is 0 Å². The molecular formula is C22H37BO2Si. The monoisotopic (exact) mass is 372 g/mol. The van der Waals surface area contributed by atoms with Crippen molar-refractivity contribution in [3.8, 4) is 0 Å². The Hall–Kier alpha value is -0.578. The highest BCUT2D eigenvalue weighted by Gasteiger charge is 2.57. The molecule has 144 valence electrons. The van der Waals surface area contributed by atoms with Crippen molar-refractivity contribution in [1.82, 2.24) is 0 Å². The summed E-state index contributed by atoms with van der Waals surface area (Å²) in [7, 11) is -1.81. The van der Waals surface area contributed by atoms with Crippen molar-refractivity contribution >= 4 is 20.4 Å². The standard InChI is InChI=1S/C22H37BO2Si/c1-21(2)22(3,4)25-23(24-21)20(17-18-13-9-7-10-14-18)26(5,6)19-15-11-8-12-16-19/h8,11-12,15-16,18,20H,7,9-10,13-14,17H2,1-6H3. The van der Waals surface area contributed by atoms with Crippen LogP contribution in [0.2, 0.25) is 18.5 Å². The minimum Gasteiger partial charge on any atom is -0.403 e. The van der Waals surface area contributed by atoms with E-state index in [-0.39, 0.29) is 18.3 Å². The summed E-state index contributed by atoms with van der Waals surface area (Å²) in [6.07, 6.45) is 8.23. The first-order valence-electron chi connectivity index (χ1n) is 10.5. The van der Waals surface area contributed by atoms with Crippen molar-refractivity contribution in [2.24, 2.45) is 5.92 Å². The van der Waals surface area contributed by atoms with Crippen molar-refractivity contribution in [1.29, 1.82) is 0 Å². The molecule has 1 heterocycles. The summed E-state index contributed by atoms with van der Waals surface area (Å²) in [5.41, 5.74) is 0.00173. The van der Waals surface area contributed by atoms with E-state index < -0.39 is 8.07 Å². The van der Waals surface area contributed by atoms with Crippen LogP contribution in [0.4, 0.5) is 0 Å². The molecule has 0 aromatic heterocycles. The van der Waals surface area contributed by atoms with E-state index in [9.17, 15) is 0 Å². The molecule has 2 nitrogen and oxygen atoms in total. The molecule has 1 aliphatic heterocycles. The van der Waals surface area contributed by atoms with Crippen LogP contribution in [-0.4, -0.2) is 26.4 Å². The average molecular weight is 372 g/mol. The zero-order chi connectivity index (χ0) is 19.0. The smallest absolute Gasteiger partial charge is 0.403 e. The Bertz CT molecular complexity index is 577. The molecule has 0 bridgehead atoms. The first-order valence-corrected chi connectivity index (χ1v) is 13.6. The Labute approximate surface area is 162 Å². The Morgan fingerprint density at radius 1 is 0.962 bits per heavy atom. The molecule has 1 saturated heterocycles. The van der Waals surface area contributed by atoms with Crippen LogP contribution in [0.15, 0.2) is 30.3 Å². The van der Waals surface area contributed by atoms with Crippen molar-refractivity contribution in [2.45, 2.75) is 96.0 Å². The quantitative estimate of drug-likeness (QED) is 0.629. The molecule has 1 aliphatic carbocycles. The van der Waals surface area contributed by atoms with E-state index in [1.54, 1.807) is 0 Å². The highest BCUT2D eigenvalue weighted by molar-refractivity contribution is 6.97. The van der Waals surface area contributed by atoms with Crippen LogP contribution in [0.5, 0.6) is 0 Å². The first kappa shape index (κ1) is 20.2. The molecule has 0 spiro atoms. The summed E-state index contributed by atoms with van der Waals surface area (Å²) in [6.45, 7) is 13.8. The normalized spacial score (nSPS) is 24.6. The van der Waals surface area contributed by atoms with E-state index in [1.165, 1.54) is 43.7 Å². The van der Waals surface area contributed by atoms with Crippen molar-refractivity contribution < 1.29 is 9.31 Å². The van der Waals surface area contributed by atoms with E-state index in [1.807, 2.05) is 0 Å². The van der Waals surface area contributed by atoms with E-state index in [0.29, 0.717) is 5.44 Å². The number of rotatable bonds is 5. The summed E-state index contributed by atoms with van der Waals surface area (Å²) in [6, 6.07) is 11.1. The van der Waals surface area contributed by atoms with Gasteiger partial charge in [0.2, 0.25) is 0 Å². The molecule has 1 unspecified atom stereocenters. The van der Waals surface area contributed by atoms with Gasteiger partial charge in [0.15, 0.2) is 0 Å². The van der Waals surface area contributed by atoms with E-state index in [0.717, 1.165) is 5.92 Å². The second-order valence-corrected chi connectivity index (χ2v) is 14.8. The molecule has 26 heavy (non-hydrogen) atoms. The predicted octanol–water partition coefficient (Wildman–Crippen LogP) is 5.57. The first-order chi connectivity index (χ1) is 12.1. The topological polar surface area (TPSA) is 18.5 Å². The number of hydrogen-bond acceptors (Lipinski definition) is 2. The van der Waals surface area contributed by atoms with Crippen LogP contribution in [0.25, 0.3) is 0 Å². The third-order valence-corrected chi connectivity index (χ3v) is 11.5. The van der Waals surface area contributed by atoms with Gasteiger partial charge in [-0.25, -0.2) is 0 Å². The summed E-state index contributed by atoms with van der Waals surface area (Å²) < 4.78 is 13.2. The van der Waals surface area contributed by atoms with Crippen LogP contribution in [0, 0.1) is 5.92 Å². The summed E-state index contributed by atoms with van der Waals surface area (Å²) >= 11 is 0. The second kappa shape index (κ2) is 7.44. The fourth-order valence-electron chi connectivity index (χ4n) is 4.66. The number of hydrogen-bond donors (Lipinski definition) is 0. The van der Waals surface area contributed by atoms with Gasteiger partial charge < -0.3 is 9.31 Å². The Morgan fingerprint density at radius 2 is 1.50 bits per heavy atom. The summed E-state index contributed by atoms with van der Waals surface area (Å²) in [5, 5.41) is 1.52. The van der Waals surface area contributed by atoms with Gasteiger partial charge in [0.1, 0.15) is 0 Å². The molecule has 1 atom stereocenters. The molecular weight excluding hydrogens is 335 g/mol. The van der Waals surface area contributed by atoms with Gasteiger partial charge in [0.05, 0.1) is 19.3 Å². The van der Waals surface area contributed by atoms with E-state index in [4.69, 9.17) is 9.31 Å².